The van der Waals surface area contributed by atoms with Gasteiger partial charge in [0, 0.05) is 33.1 Å². The number of anilines is 1. The topological polar surface area (TPSA) is 71.0 Å². The Morgan fingerprint density at radius 2 is 2.10 bits per heavy atom. The van der Waals surface area contributed by atoms with E-state index in [1.807, 2.05) is 12.1 Å². The summed E-state index contributed by atoms with van der Waals surface area (Å²) >= 11 is 0. The van der Waals surface area contributed by atoms with E-state index in [1.54, 1.807) is 26.3 Å². The molecule has 1 saturated heterocycles. The van der Waals surface area contributed by atoms with Crippen molar-refractivity contribution in [2.24, 2.45) is 0 Å². The maximum absolute atomic E-state index is 12.2. The standard InChI is InChI=1S/C15H22N2O4/c1-17(11-15(19)7-9-21-10-8-15)14(18)16-12-5-3-4-6-13(12)20-2/h3-6,19H,7-11H2,1-2H3,(H,16,18). The highest BCUT2D eigenvalue weighted by atomic mass is 16.5. The molecule has 6 heteroatoms. The van der Waals surface area contributed by atoms with E-state index in [1.165, 1.54) is 4.90 Å². The highest BCUT2D eigenvalue weighted by molar-refractivity contribution is 5.90. The molecule has 1 aliphatic heterocycles. The first-order valence-electron chi connectivity index (χ1n) is 6.99. The number of para-hydroxylation sites is 2. The van der Waals surface area contributed by atoms with Crippen molar-refractivity contribution in [1.29, 1.82) is 0 Å². The molecule has 0 atom stereocenters. The molecule has 0 bridgehead atoms. The van der Waals surface area contributed by atoms with Crippen molar-refractivity contribution in [3.63, 3.8) is 0 Å². The molecular weight excluding hydrogens is 272 g/mol. The van der Waals surface area contributed by atoms with Crippen LogP contribution < -0.4 is 10.1 Å². The van der Waals surface area contributed by atoms with Gasteiger partial charge in [0.2, 0.25) is 0 Å². The van der Waals surface area contributed by atoms with Crippen LogP contribution >= 0.6 is 0 Å². The predicted molar refractivity (Wildman–Crippen MR) is 79.6 cm³/mol. The van der Waals surface area contributed by atoms with Crippen LogP contribution in [0.2, 0.25) is 0 Å². The lowest BCUT2D eigenvalue weighted by Crippen LogP contribution is -2.48. The van der Waals surface area contributed by atoms with Gasteiger partial charge < -0.3 is 24.8 Å². The summed E-state index contributed by atoms with van der Waals surface area (Å²) in [6.45, 7) is 1.33. The van der Waals surface area contributed by atoms with Gasteiger partial charge in [-0.1, -0.05) is 12.1 Å². The van der Waals surface area contributed by atoms with E-state index in [-0.39, 0.29) is 12.6 Å². The van der Waals surface area contributed by atoms with Crippen molar-refractivity contribution in [2.45, 2.75) is 18.4 Å². The molecule has 0 unspecified atom stereocenters. The fourth-order valence-corrected chi connectivity index (χ4v) is 2.38. The number of likely N-dealkylation sites (N-methyl/N-ethyl adjacent to an activating group) is 1. The molecule has 0 spiro atoms. The Kier molecular flexibility index (Phi) is 5.03. The van der Waals surface area contributed by atoms with Crippen LogP contribution in [0.1, 0.15) is 12.8 Å². The molecule has 0 aromatic heterocycles. The van der Waals surface area contributed by atoms with Crippen LogP contribution in [-0.4, -0.2) is 55.6 Å². The van der Waals surface area contributed by atoms with Crippen molar-refractivity contribution >= 4 is 11.7 Å². The van der Waals surface area contributed by atoms with E-state index < -0.39 is 5.60 Å². The van der Waals surface area contributed by atoms with Gasteiger partial charge in [-0.3, -0.25) is 0 Å². The van der Waals surface area contributed by atoms with E-state index >= 15 is 0 Å². The van der Waals surface area contributed by atoms with Gasteiger partial charge in [-0.15, -0.1) is 0 Å². The van der Waals surface area contributed by atoms with Crippen LogP contribution in [0.5, 0.6) is 5.75 Å². The van der Waals surface area contributed by atoms with E-state index in [0.29, 0.717) is 37.5 Å². The number of aliphatic hydroxyl groups is 1. The average molecular weight is 294 g/mol. The molecule has 0 saturated carbocycles. The van der Waals surface area contributed by atoms with Gasteiger partial charge >= 0.3 is 6.03 Å². The van der Waals surface area contributed by atoms with Gasteiger partial charge in [0.05, 0.1) is 24.9 Å². The van der Waals surface area contributed by atoms with Crippen molar-refractivity contribution in [2.75, 3.05) is 39.2 Å². The molecule has 1 aromatic carbocycles. The molecule has 1 aromatic rings. The first-order valence-corrected chi connectivity index (χ1v) is 6.99. The number of benzene rings is 1. The minimum Gasteiger partial charge on any atom is -0.495 e. The van der Waals surface area contributed by atoms with Crippen molar-refractivity contribution in [3.05, 3.63) is 24.3 Å². The summed E-state index contributed by atoms with van der Waals surface area (Å²) in [5.41, 5.74) is -0.263. The fourth-order valence-electron chi connectivity index (χ4n) is 2.38. The molecule has 6 nitrogen and oxygen atoms in total. The van der Waals surface area contributed by atoms with Crippen LogP contribution in [0.25, 0.3) is 0 Å². The van der Waals surface area contributed by atoms with Gasteiger partial charge in [0.15, 0.2) is 0 Å². The van der Waals surface area contributed by atoms with Gasteiger partial charge in [-0.2, -0.15) is 0 Å². The summed E-state index contributed by atoms with van der Waals surface area (Å²) in [4.78, 5) is 13.7. The van der Waals surface area contributed by atoms with E-state index in [9.17, 15) is 9.90 Å². The summed E-state index contributed by atoms with van der Waals surface area (Å²) < 4.78 is 10.4. The van der Waals surface area contributed by atoms with Crippen LogP contribution in [-0.2, 0) is 4.74 Å². The Hall–Kier alpha value is -1.79. The molecule has 0 aliphatic carbocycles. The Bertz CT molecular complexity index is 486. The minimum absolute atomic E-state index is 0.275. The lowest BCUT2D eigenvalue weighted by molar-refractivity contribution is -0.0717. The molecule has 116 valence electrons. The number of ether oxygens (including phenoxy) is 2. The molecule has 2 amide bonds. The number of nitrogens with one attached hydrogen (secondary N) is 1. The number of carbonyl (C=O) groups is 1. The van der Waals surface area contributed by atoms with Crippen LogP contribution in [0.4, 0.5) is 10.5 Å². The maximum atomic E-state index is 12.2. The quantitative estimate of drug-likeness (QED) is 0.886. The molecule has 21 heavy (non-hydrogen) atoms. The third-order valence-electron chi connectivity index (χ3n) is 3.65. The lowest BCUT2D eigenvalue weighted by atomic mass is 9.94. The number of carbonyl (C=O) groups excluding carboxylic acids is 1. The minimum atomic E-state index is -0.870. The Morgan fingerprint density at radius 3 is 2.76 bits per heavy atom. The van der Waals surface area contributed by atoms with Crippen molar-refractivity contribution in [3.8, 4) is 5.75 Å². The zero-order valence-electron chi connectivity index (χ0n) is 12.5. The van der Waals surface area contributed by atoms with Crippen LogP contribution in [0.15, 0.2) is 24.3 Å². The largest absolute Gasteiger partial charge is 0.495 e. The fraction of sp³-hybridized carbons (Fsp3) is 0.533. The van der Waals surface area contributed by atoms with Crippen LogP contribution in [0, 0.1) is 0 Å². The number of urea groups is 1. The van der Waals surface area contributed by atoms with Crippen molar-refractivity contribution in [1.82, 2.24) is 4.90 Å². The van der Waals surface area contributed by atoms with E-state index in [0.717, 1.165) is 0 Å². The second kappa shape index (κ2) is 6.78. The highest BCUT2D eigenvalue weighted by Gasteiger charge is 2.32. The molecule has 0 radical (unpaired) electrons. The summed E-state index contributed by atoms with van der Waals surface area (Å²) in [6.07, 6.45) is 1.08. The zero-order valence-corrected chi connectivity index (χ0v) is 12.5. The molecule has 2 N–H and O–H groups in total. The number of rotatable bonds is 4. The summed E-state index contributed by atoms with van der Waals surface area (Å²) in [6, 6.07) is 6.93. The van der Waals surface area contributed by atoms with E-state index in [2.05, 4.69) is 5.32 Å². The molecule has 1 heterocycles. The Morgan fingerprint density at radius 1 is 1.43 bits per heavy atom. The third-order valence-corrected chi connectivity index (χ3v) is 3.65. The summed E-state index contributed by atoms with van der Waals surface area (Å²) in [7, 11) is 3.22. The van der Waals surface area contributed by atoms with Gasteiger partial charge in [-0.25, -0.2) is 4.79 Å². The zero-order chi connectivity index (χ0) is 15.3. The SMILES string of the molecule is COc1ccccc1NC(=O)N(C)CC1(O)CCOCC1. The summed E-state index contributed by atoms with van der Waals surface area (Å²) in [5, 5.41) is 13.2. The average Bonchev–Trinajstić information content (AvgIpc) is 2.48. The summed E-state index contributed by atoms with van der Waals surface area (Å²) in [5.74, 6) is 0.601. The van der Waals surface area contributed by atoms with Crippen LogP contribution in [0.3, 0.4) is 0 Å². The number of hydrogen-bond acceptors (Lipinski definition) is 4. The lowest BCUT2D eigenvalue weighted by Gasteiger charge is -2.35. The molecule has 1 fully saturated rings. The second-order valence-corrected chi connectivity index (χ2v) is 5.32. The molecular formula is C15H22N2O4. The first kappa shape index (κ1) is 15.6. The van der Waals surface area contributed by atoms with Gasteiger partial charge in [-0.05, 0) is 12.1 Å². The van der Waals surface area contributed by atoms with Gasteiger partial charge in [0.25, 0.3) is 0 Å². The monoisotopic (exact) mass is 294 g/mol. The normalized spacial score (nSPS) is 17.1. The maximum Gasteiger partial charge on any atom is 0.321 e. The molecule has 1 aliphatic rings. The first-order chi connectivity index (χ1) is 10.0. The number of methoxy groups -OCH3 is 1. The number of hydrogen-bond donors (Lipinski definition) is 2. The number of amides is 2. The second-order valence-electron chi connectivity index (χ2n) is 5.32. The smallest absolute Gasteiger partial charge is 0.321 e. The van der Waals surface area contributed by atoms with E-state index in [4.69, 9.17) is 9.47 Å². The Balaban J connectivity index is 1.96. The van der Waals surface area contributed by atoms with Gasteiger partial charge in [0.1, 0.15) is 5.75 Å². The number of nitrogens with zero attached hydrogens (tertiary/aromatic N) is 1. The van der Waals surface area contributed by atoms with Crippen molar-refractivity contribution < 1.29 is 19.4 Å². The third kappa shape index (κ3) is 4.09. The highest BCUT2D eigenvalue weighted by Crippen LogP contribution is 2.24. The predicted octanol–water partition coefficient (Wildman–Crippen LogP) is 1.70. The Labute approximate surface area is 124 Å². The molecule has 2 rings (SSSR count).